The number of hydrogen-bond donors (Lipinski definition) is 0. The molecule has 0 spiro atoms. The van der Waals surface area contributed by atoms with E-state index in [-0.39, 0.29) is 0 Å². The first-order valence-electron chi connectivity index (χ1n) is 15.9. The minimum Gasteiger partial charge on any atom is -0.491 e. The molecular formula is C32H58O11. The van der Waals surface area contributed by atoms with Crippen molar-refractivity contribution in [2.24, 2.45) is 0 Å². The minimum absolute atomic E-state index is 0.520. The highest BCUT2D eigenvalue weighted by molar-refractivity contribution is 5.20. The highest BCUT2D eigenvalue weighted by atomic mass is 16.6. The van der Waals surface area contributed by atoms with Crippen LogP contribution < -0.4 is 4.74 Å². The number of para-hydroxylation sites is 1. The van der Waals surface area contributed by atoms with E-state index in [2.05, 4.69) is 6.92 Å². The lowest BCUT2D eigenvalue weighted by atomic mass is 10.2. The Balaban J connectivity index is 1.61. The Bertz CT molecular complexity index is 639. The fraction of sp³-hybridized carbons (Fsp3) is 0.812. The third-order valence-electron chi connectivity index (χ3n) is 5.73. The van der Waals surface area contributed by atoms with Crippen molar-refractivity contribution in [2.45, 2.75) is 32.6 Å². The molecule has 0 saturated carbocycles. The van der Waals surface area contributed by atoms with E-state index in [1.54, 1.807) is 0 Å². The lowest BCUT2D eigenvalue weighted by molar-refractivity contribution is -0.0267. The summed E-state index contributed by atoms with van der Waals surface area (Å²) in [6.07, 6.45) is 4.90. The van der Waals surface area contributed by atoms with E-state index in [4.69, 9.17) is 52.1 Å². The molecule has 0 N–H and O–H groups in total. The molecule has 1 rings (SSSR count). The van der Waals surface area contributed by atoms with Gasteiger partial charge in [0.15, 0.2) is 0 Å². The summed E-state index contributed by atoms with van der Waals surface area (Å²) < 4.78 is 60.4. The second kappa shape index (κ2) is 35.1. The Kier molecular flexibility index (Phi) is 32.4. The molecule has 0 aliphatic carbocycles. The first-order chi connectivity index (χ1) is 21.4. The van der Waals surface area contributed by atoms with Crippen LogP contribution in [0.4, 0.5) is 0 Å². The molecule has 0 heterocycles. The van der Waals surface area contributed by atoms with E-state index in [0.717, 1.165) is 18.8 Å². The molecule has 0 amide bonds. The summed E-state index contributed by atoms with van der Waals surface area (Å²) >= 11 is 0. The predicted molar refractivity (Wildman–Crippen MR) is 164 cm³/mol. The van der Waals surface area contributed by atoms with Gasteiger partial charge in [0.1, 0.15) is 12.4 Å². The van der Waals surface area contributed by atoms with Gasteiger partial charge in [0, 0.05) is 6.61 Å². The van der Waals surface area contributed by atoms with Gasteiger partial charge in [0.25, 0.3) is 0 Å². The van der Waals surface area contributed by atoms with E-state index in [9.17, 15) is 0 Å². The van der Waals surface area contributed by atoms with E-state index in [0.29, 0.717) is 132 Å². The number of rotatable bonds is 36. The van der Waals surface area contributed by atoms with Gasteiger partial charge < -0.3 is 52.1 Å². The van der Waals surface area contributed by atoms with Gasteiger partial charge >= 0.3 is 0 Å². The van der Waals surface area contributed by atoms with Crippen LogP contribution >= 0.6 is 0 Å². The molecule has 0 aliphatic heterocycles. The van der Waals surface area contributed by atoms with Gasteiger partial charge in [-0.05, 0) is 18.6 Å². The van der Waals surface area contributed by atoms with E-state index >= 15 is 0 Å². The third kappa shape index (κ3) is 31.8. The number of hydrogen-bond acceptors (Lipinski definition) is 11. The zero-order valence-electron chi connectivity index (χ0n) is 26.6. The average molecular weight is 619 g/mol. The fourth-order valence-electron chi connectivity index (χ4n) is 3.45. The minimum atomic E-state index is 0.520. The van der Waals surface area contributed by atoms with Gasteiger partial charge in [0.2, 0.25) is 0 Å². The maximum atomic E-state index is 5.55. The molecule has 0 fully saturated rings. The lowest BCUT2D eigenvalue weighted by Gasteiger charge is -2.09. The Morgan fingerprint density at radius 2 is 0.628 bits per heavy atom. The summed E-state index contributed by atoms with van der Waals surface area (Å²) in [6.45, 7) is 13.8. The summed E-state index contributed by atoms with van der Waals surface area (Å²) in [5.41, 5.74) is 0. The number of unbranched alkanes of at least 4 members (excludes halogenated alkanes) is 3. The zero-order chi connectivity index (χ0) is 30.6. The zero-order valence-corrected chi connectivity index (χ0v) is 26.6. The monoisotopic (exact) mass is 618 g/mol. The van der Waals surface area contributed by atoms with Gasteiger partial charge in [-0.2, -0.15) is 0 Å². The van der Waals surface area contributed by atoms with E-state index < -0.39 is 0 Å². The fourth-order valence-corrected chi connectivity index (χ4v) is 3.45. The van der Waals surface area contributed by atoms with Gasteiger partial charge in [-0.25, -0.2) is 0 Å². The smallest absolute Gasteiger partial charge is 0.119 e. The maximum absolute atomic E-state index is 5.55. The largest absolute Gasteiger partial charge is 0.491 e. The Labute approximate surface area is 259 Å². The molecule has 1 aromatic rings. The average Bonchev–Trinajstić information content (AvgIpc) is 3.03. The van der Waals surface area contributed by atoms with Crippen molar-refractivity contribution in [2.75, 3.05) is 139 Å². The molecule has 0 saturated heterocycles. The SMILES string of the molecule is CCCCCCOCCOCCOCCOCCOCCOCCOCCOCCOCCOCCOc1ccccc1. The lowest BCUT2D eigenvalue weighted by Crippen LogP contribution is -2.15. The first kappa shape index (κ1) is 39.6. The van der Waals surface area contributed by atoms with E-state index in [1.807, 2.05) is 30.3 Å². The summed E-state index contributed by atoms with van der Waals surface area (Å²) in [6, 6.07) is 9.68. The van der Waals surface area contributed by atoms with Crippen LogP contribution in [0.5, 0.6) is 5.75 Å². The summed E-state index contributed by atoms with van der Waals surface area (Å²) in [5.74, 6) is 0.847. The van der Waals surface area contributed by atoms with Crippen LogP contribution in [-0.4, -0.2) is 139 Å². The predicted octanol–water partition coefficient (Wildman–Crippen LogP) is 3.81. The normalized spacial score (nSPS) is 11.4. The van der Waals surface area contributed by atoms with Crippen LogP contribution in [0.25, 0.3) is 0 Å². The highest BCUT2D eigenvalue weighted by Gasteiger charge is 1.97. The van der Waals surface area contributed by atoms with Crippen molar-refractivity contribution in [3.63, 3.8) is 0 Å². The Morgan fingerprint density at radius 3 is 0.953 bits per heavy atom. The van der Waals surface area contributed by atoms with Crippen LogP contribution in [0.2, 0.25) is 0 Å². The first-order valence-corrected chi connectivity index (χ1v) is 15.9. The van der Waals surface area contributed by atoms with Crippen molar-refractivity contribution in [1.82, 2.24) is 0 Å². The summed E-state index contributed by atoms with van der Waals surface area (Å²) in [5, 5.41) is 0. The molecule has 0 unspecified atom stereocenters. The summed E-state index contributed by atoms with van der Waals surface area (Å²) in [4.78, 5) is 0. The molecule has 1 aromatic carbocycles. The second-order valence-corrected chi connectivity index (χ2v) is 9.35. The maximum Gasteiger partial charge on any atom is 0.119 e. The molecular weight excluding hydrogens is 560 g/mol. The quantitative estimate of drug-likeness (QED) is 0.103. The number of ether oxygens (including phenoxy) is 11. The van der Waals surface area contributed by atoms with Gasteiger partial charge in [-0.15, -0.1) is 0 Å². The van der Waals surface area contributed by atoms with Crippen LogP contribution in [0.3, 0.4) is 0 Å². The van der Waals surface area contributed by atoms with Gasteiger partial charge in [-0.1, -0.05) is 44.4 Å². The molecule has 43 heavy (non-hydrogen) atoms. The molecule has 0 radical (unpaired) electrons. The van der Waals surface area contributed by atoms with Crippen molar-refractivity contribution in [1.29, 1.82) is 0 Å². The molecule has 252 valence electrons. The van der Waals surface area contributed by atoms with Crippen molar-refractivity contribution in [3.8, 4) is 5.75 Å². The molecule has 0 atom stereocenters. The Hall–Kier alpha value is -1.38. The molecule has 0 aromatic heterocycles. The van der Waals surface area contributed by atoms with Gasteiger partial charge in [0.05, 0.1) is 126 Å². The van der Waals surface area contributed by atoms with Crippen LogP contribution in [-0.2, 0) is 47.4 Å². The van der Waals surface area contributed by atoms with Crippen LogP contribution in [0.15, 0.2) is 30.3 Å². The Morgan fingerprint density at radius 1 is 0.326 bits per heavy atom. The molecule has 0 bridgehead atoms. The third-order valence-corrected chi connectivity index (χ3v) is 5.73. The summed E-state index contributed by atoms with van der Waals surface area (Å²) in [7, 11) is 0. The van der Waals surface area contributed by atoms with E-state index in [1.165, 1.54) is 19.3 Å². The van der Waals surface area contributed by atoms with Crippen LogP contribution in [0.1, 0.15) is 32.6 Å². The van der Waals surface area contributed by atoms with Crippen molar-refractivity contribution >= 4 is 0 Å². The topological polar surface area (TPSA) is 102 Å². The molecule has 11 nitrogen and oxygen atoms in total. The number of benzene rings is 1. The van der Waals surface area contributed by atoms with Crippen molar-refractivity contribution < 1.29 is 52.1 Å². The van der Waals surface area contributed by atoms with Gasteiger partial charge in [-0.3, -0.25) is 0 Å². The van der Waals surface area contributed by atoms with Crippen molar-refractivity contribution in [3.05, 3.63) is 30.3 Å². The standard InChI is InChI=1S/C32H58O11/c1-2-3-4-8-11-33-12-13-34-14-15-35-16-17-36-18-19-37-20-21-38-22-23-39-24-25-40-26-27-41-28-29-42-30-31-43-32-9-6-5-7-10-32/h5-7,9-10H,2-4,8,11-31H2,1H3. The molecule has 0 aliphatic rings. The highest BCUT2D eigenvalue weighted by Crippen LogP contribution is 2.07. The van der Waals surface area contributed by atoms with Crippen LogP contribution in [0, 0.1) is 0 Å². The molecule has 11 heteroatoms. The second-order valence-electron chi connectivity index (χ2n) is 9.35.